The first-order valence-electron chi connectivity index (χ1n) is 7.70. The zero-order chi connectivity index (χ0) is 20.3. The first kappa shape index (κ1) is 19.7. The number of halogens is 5. The highest BCUT2D eigenvalue weighted by molar-refractivity contribution is 7.99. The molecule has 28 heavy (non-hydrogen) atoms. The topological polar surface area (TPSA) is 54.9 Å². The lowest BCUT2D eigenvalue weighted by Crippen LogP contribution is -2.17. The number of amides is 1. The minimum Gasteiger partial charge on any atom is -0.320 e. The molecule has 10 heteroatoms. The summed E-state index contributed by atoms with van der Waals surface area (Å²) in [5.74, 6) is -8.35. The molecular weight excluding hydrogens is 401 g/mol. The summed E-state index contributed by atoms with van der Waals surface area (Å²) >= 11 is 0.839. The van der Waals surface area contributed by atoms with Crippen molar-refractivity contribution >= 4 is 23.4 Å². The number of nitrogens with one attached hydrogen (secondary N) is 1. The minimum absolute atomic E-state index is 0.0455. The van der Waals surface area contributed by atoms with Gasteiger partial charge in [-0.1, -0.05) is 11.8 Å². The number of carbonyl (C=O) groups excluding carboxylic acids is 1. The average Bonchev–Trinajstić information content (AvgIpc) is 2.69. The van der Waals surface area contributed by atoms with Crippen molar-refractivity contribution in [1.29, 1.82) is 0 Å². The molecule has 3 rings (SSSR count). The van der Waals surface area contributed by atoms with Gasteiger partial charge < -0.3 is 5.32 Å². The standard InChI is InChI=1S/C18H10F5N3OS/c19-10-3-1-9(2-4-10)13-5-6-24-18(25-13)28-8-14(27)26-17-15(22)11(20)7-12(21)16(17)23/h1-7H,8H2,(H,26,27). The van der Waals surface area contributed by atoms with E-state index in [1.54, 1.807) is 11.4 Å². The van der Waals surface area contributed by atoms with E-state index in [1.165, 1.54) is 30.5 Å². The molecular formula is C18H10F5N3OS. The van der Waals surface area contributed by atoms with Gasteiger partial charge in [0.15, 0.2) is 28.4 Å². The molecule has 3 aromatic rings. The predicted octanol–water partition coefficient (Wildman–Crippen LogP) is 4.57. The maximum atomic E-state index is 13.6. The number of rotatable bonds is 5. The summed E-state index contributed by atoms with van der Waals surface area (Å²) in [5.41, 5.74) is -0.110. The van der Waals surface area contributed by atoms with Crippen LogP contribution in [0.2, 0.25) is 0 Å². The summed E-state index contributed by atoms with van der Waals surface area (Å²) < 4.78 is 66.5. The maximum Gasteiger partial charge on any atom is 0.235 e. The van der Waals surface area contributed by atoms with Crippen molar-refractivity contribution in [3.8, 4) is 11.3 Å². The zero-order valence-corrected chi connectivity index (χ0v) is 14.7. The number of aromatic nitrogens is 2. The second-order valence-corrected chi connectivity index (χ2v) is 6.35. The lowest BCUT2D eigenvalue weighted by molar-refractivity contribution is -0.113. The third kappa shape index (κ3) is 4.45. The molecule has 0 aliphatic heterocycles. The average molecular weight is 411 g/mol. The van der Waals surface area contributed by atoms with Gasteiger partial charge in [0.1, 0.15) is 11.5 Å². The van der Waals surface area contributed by atoms with Gasteiger partial charge in [0.2, 0.25) is 5.91 Å². The predicted molar refractivity (Wildman–Crippen MR) is 93.1 cm³/mol. The van der Waals surface area contributed by atoms with E-state index >= 15 is 0 Å². The molecule has 1 heterocycles. The number of nitrogens with zero attached hydrogens (tertiary/aromatic N) is 2. The van der Waals surface area contributed by atoms with E-state index in [2.05, 4.69) is 9.97 Å². The number of anilines is 1. The van der Waals surface area contributed by atoms with Crippen LogP contribution in [-0.4, -0.2) is 21.6 Å². The van der Waals surface area contributed by atoms with Crippen LogP contribution in [0.25, 0.3) is 11.3 Å². The molecule has 1 N–H and O–H groups in total. The smallest absolute Gasteiger partial charge is 0.235 e. The van der Waals surface area contributed by atoms with Crippen LogP contribution in [0.4, 0.5) is 27.6 Å². The summed E-state index contributed by atoms with van der Waals surface area (Å²) in [6, 6.07) is 7.19. The van der Waals surface area contributed by atoms with Crippen molar-refractivity contribution in [1.82, 2.24) is 9.97 Å². The van der Waals surface area contributed by atoms with Crippen LogP contribution >= 0.6 is 11.8 Å². The Hall–Kier alpha value is -3.01. The van der Waals surface area contributed by atoms with Gasteiger partial charge in [0, 0.05) is 17.8 Å². The molecule has 0 spiro atoms. The van der Waals surface area contributed by atoms with Crippen molar-refractivity contribution in [3.05, 3.63) is 71.7 Å². The highest BCUT2D eigenvalue weighted by Crippen LogP contribution is 2.25. The highest BCUT2D eigenvalue weighted by atomic mass is 32.2. The molecule has 2 aromatic carbocycles. The molecule has 1 aromatic heterocycles. The molecule has 0 radical (unpaired) electrons. The third-order valence-corrected chi connectivity index (χ3v) is 4.34. The van der Waals surface area contributed by atoms with Crippen molar-refractivity contribution in [2.75, 3.05) is 11.1 Å². The van der Waals surface area contributed by atoms with E-state index in [0.29, 0.717) is 11.3 Å². The number of thioether (sulfide) groups is 1. The molecule has 0 aliphatic rings. The lowest BCUT2D eigenvalue weighted by Gasteiger charge is -2.09. The molecule has 0 unspecified atom stereocenters. The summed E-state index contributed by atoms with van der Waals surface area (Å²) in [5, 5.41) is 1.97. The minimum atomic E-state index is -1.70. The Balaban J connectivity index is 1.69. The van der Waals surface area contributed by atoms with Crippen LogP contribution in [0, 0.1) is 29.1 Å². The fraction of sp³-hybridized carbons (Fsp3) is 0.0556. The quantitative estimate of drug-likeness (QED) is 0.289. The number of hydrogen-bond donors (Lipinski definition) is 1. The molecule has 0 fully saturated rings. The van der Waals surface area contributed by atoms with E-state index in [1.807, 2.05) is 0 Å². The fourth-order valence-corrected chi connectivity index (χ4v) is 2.81. The summed E-state index contributed by atoms with van der Waals surface area (Å²) in [4.78, 5) is 20.0. The Morgan fingerprint density at radius 1 is 0.964 bits per heavy atom. The normalized spacial score (nSPS) is 10.8. The van der Waals surface area contributed by atoms with Gasteiger partial charge in [-0.3, -0.25) is 4.79 Å². The fourth-order valence-electron chi connectivity index (χ4n) is 2.18. The largest absolute Gasteiger partial charge is 0.320 e. The molecule has 1 amide bonds. The van der Waals surface area contributed by atoms with Crippen molar-refractivity contribution in [3.63, 3.8) is 0 Å². The van der Waals surface area contributed by atoms with Crippen LogP contribution < -0.4 is 5.32 Å². The lowest BCUT2D eigenvalue weighted by atomic mass is 10.1. The SMILES string of the molecule is O=C(CSc1nccc(-c2ccc(F)cc2)n1)Nc1c(F)c(F)cc(F)c1F. The summed E-state index contributed by atoms with van der Waals surface area (Å²) in [7, 11) is 0. The van der Waals surface area contributed by atoms with Crippen molar-refractivity contribution in [2.45, 2.75) is 5.16 Å². The Morgan fingerprint density at radius 2 is 1.61 bits per heavy atom. The molecule has 0 saturated carbocycles. The van der Waals surface area contributed by atoms with Crippen LogP contribution in [0.3, 0.4) is 0 Å². The molecule has 4 nitrogen and oxygen atoms in total. The van der Waals surface area contributed by atoms with Crippen LogP contribution in [0.5, 0.6) is 0 Å². The van der Waals surface area contributed by atoms with E-state index in [9.17, 15) is 26.7 Å². The van der Waals surface area contributed by atoms with Crippen molar-refractivity contribution < 1.29 is 26.7 Å². The van der Waals surface area contributed by atoms with Crippen LogP contribution in [-0.2, 0) is 4.79 Å². The van der Waals surface area contributed by atoms with Gasteiger partial charge in [-0.15, -0.1) is 0 Å². The molecule has 0 saturated heterocycles. The first-order valence-corrected chi connectivity index (χ1v) is 8.68. The molecule has 0 bridgehead atoms. The first-order chi connectivity index (χ1) is 13.3. The number of carbonyl (C=O) groups is 1. The van der Waals surface area contributed by atoms with Crippen molar-refractivity contribution in [2.24, 2.45) is 0 Å². The molecule has 0 aliphatic carbocycles. The molecule has 144 valence electrons. The zero-order valence-electron chi connectivity index (χ0n) is 13.8. The van der Waals surface area contributed by atoms with Gasteiger partial charge in [-0.25, -0.2) is 31.9 Å². The Labute approximate surface area is 159 Å². The van der Waals surface area contributed by atoms with E-state index in [-0.39, 0.29) is 17.0 Å². The van der Waals surface area contributed by atoms with Crippen LogP contribution in [0.15, 0.2) is 47.8 Å². The van der Waals surface area contributed by atoms with Gasteiger partial charge >= 0.3 is 0 Å². The van der Waals surface area contributed by atoms with Gasteiger partial charge in [-0.2, -0.15) is 0 Å². The Kier molecular flexibility index (Phi) is 5.88. The van der Waals surface area contributed by atoms with Gasteiger partial charge in [-0.05, 0) is 30.3 Å². The number of benzene rings is 2. The van der Waals surface area contributed by atoms with Gasteiger partial charge in [0.05, 0.1) is 11.4 Å². The summed E-state index contributed by atoms with van der Waals surface area (Å²) in [6.45, 7) is 0. The van der Waals surface area contributed by atoms with E-state index < -0.39 is 40.7 Å². The summed E-state index contributed by atoms with van der Waals surface area (Å²) in [6.07, 6.45) is 1.42. The van der Waals surface area contributed by atoms with Crippen LogP contribution in [0.1, 0.15) is 0 Å². The third-order valence-electron chi connectivity index (χ3n) is 3.48. The monoisotopic (exact) mass is 411 g/mol. The van der Waals surface area contributed by atoms with Gasteiger partial charge in [0.25, 0.3) is 0 Å². The Morgan fingerprint density at radius 3 is 2.25 bits per heavy atom. The van der Waals surface area contributed by atoms with E-state index in [4.69, 9.17) is 0 Å². The maximum absolute atomic E-state index is 13.6. The molecule has 0 atom stereocenters. The Bertz CT molecular complexity index is 1000. The van der Waals surface area contributed by atoms with E-state index in [0.717, 1.165) is 11.8 Å². The second kappa shape index (κ2) is 8.34. The number of hydrogen-bond acceptors (Lipinski definition) is 4. The highest BCUT2D eigenvalue weighted by Gasteiger charge is 2.21. The second-order valence-electron chi connectivity index (χ2n) is 5.41.